The van der Waals surface area contributed by atoms with Crippen LogP contribution in [0.2, 0.25) is 0 Å². The Morgan fingerprint density at radius 3 is 2.58 bits per heavy atom. The van der Waals surface area contributed by atoms with Gasteiger partial charge in [0.15, 0.2) is 5.13 Å². The summed E-state index contributed by atoms with van der Waals surface area (Å²) in [4.78, 5) is 28.9. The van der Waals surface area contributed by atoms with Crippen molar-refractivity contribution < 1.29 is 18.0 Å². The van der Waals surface area contributed by atoms with E-state index in [2.05, 4.69) is 31.5 Å². The molecule has 1 heterocycles. The maximum atomic E-state index is 12.4. The minimum Gasteiger partial charge on any atom is -0.343 e. The van der Waals surface area contributed by atoms with Crippen LogP contribution in [0.5, 0.6) is 0 Å². The predicted octanol–water partition coefficient (Wildman–Crippen LogP) is 3.19. The highest BCUT2D eigenvalue weighted by molar-refractivity contribution is 9.10. The van der Waals surface area contributed by atoms with Crippen molar-refractivity contribution >= 4 is 54.2 Å². The molecule has 8 nitrogen and oxygen atoms in total. The van der Waals surface area contributed by atoms with Gasteiger partial charge in [-0.2, -0.15) is 0 Å². The lowest BCUT2D eigenvalue weighted by Crippen LogP contribution is -2.33. The molecule has 0 spiro atoms. The molecule has 0 atom stereocenters. The van der Waals surface area contributed by atoms with Crippen LogP contribution >= 0.6 is 27.3 Å². The highest BCUT2D eigenvalue weighted by Gasteiger charge is 2.19. The second kappa shape index (κ2) is 9.69. The van der Waals surface area contributed by atoms with Crippen LogP contribution in [0.15, 0.2) is 63.3 Å². The highest BCUT2D eigenvalue weighted by Crippen LogP contribution is 2.26. The van der Waals surface area contributed by atoms with Gasteiger partial charge in [0.2, 0.25) is 15.9 Å². The molecule has 0 bridgehead atoms. The van der Waals surface area contributed by atoms with Crippen molar-refractivity contribution in [2.75, 3.05) is 26.0 Å². The lowest BCUT2D eigenvalue weighted by Gasteiger charge is -2.12. The first-order chi connectivity index (χ1) is 14.7. The number of halogens is 1. The quantitative estimate of drug-likeness (QED) is 0.495. The monoisotopic (exact) mass is 522 g/mol. The summed E-state index contributed by atoms with van der Waals surface area (Å²) >= 11 is 4.69. The van der Waals surface area contributed by atoms with Gasteiger partial charge in [-0.25, -0.2) is 17.7 Å². The summed E-state index contributed by atoms with van der Waals surface area (Å²) in [5.74, 6) is -1.000. The molecule has 0 saturated carbocycles. The SMILES string of the molecule is CN(C)S(=O)(=O)c1cccc(C(=O)NCC(=O)Nc2nc(-c3cccc(Br)c3)cs2)c1. The van der Waals surface area contributed by atoms with Crippen LogP contribution < -0.4 is 10.6 Å². The van der Waals surface area contributed by atoms with Crippen molar-refractivity contribution in [3.8, 4) is 11.3 Å². The van der Waals surface area contributed by atoms with Crippen LogP contribution in [0.3, 0.4) is 0 Å². The normalized spacial score (nSPS) is 11.4. The molecule has 162 valence electrons. The zero-order chi connectivity index (χ0) is 22.6. The molecule has 2 aromatic carbocycles. The van der Waals surface area contributed by atoms with Gasteiger partial charge < -0.3 is 10.6 Å². The Labute approximate surface area is 192 Å². The first-order valence-electron chi connectivity index (χ1n) is 8.99. The molecule has 0 aliphatic rings. The van der Waals surface area contributed by atoms with Crippen LogP contribution in [-0.4, -0.2) is 50.2 Å². The number of rotatable bonds is 7. The van der Waals surface area contributed by atoms with Crippen molar-refractivity contribution in [2.24, 2.45) is 0 Å². The fourth-order valence-corrected chi connectivity index (χ4v) is 4.63. The summed E-state index contributed by atoms with van der Waals surface area (Å²) in [5, 5.41) is 7.36. The first-order valence-corrected chi connectivity index (χ1v) is 12.1. The van der Waals surface area contributed by atoms with Crippen LogP contribution in [0.25, 0.3) is 11.3 Å². The molecule has 2 amide bonds. The zero-order valence-corrected chi connectivity index (χ0v) is 19.8. The number of hydrogen-bond donors (Lipinski definition) is 2. The average Bonchev–Trinajstić information content (AvgIpc) is 3.20. The molecule has 0 aliphatic heterocycles. The van der Waals surface area contributed by atoms with Gasteiger partial charge in [0.05, 0.1) is 17.1 Å². The number of thiazole rings is 1. The van der Waals surface area contributed by atoms with Gasteiger partial charge in [-0.1, -0.05) is 34.1 Å². The first kappa shape index (κ1) is 23.1. The summed E-state index contributed by atoms with van der Waals surface area (Å²) in [5.41, 5.74) is 1.78. The van der Waals surface area contributed by atoms with E-state index in [0.29, 0.717) is 5.13 Å². The lowest BCUT2D eigenvalue weighted by molar-refractivity contribution is -0.115. The van der Waals surface area contributed by atoms with Crippen molar-refractivity contribution in [3.05, 3.63) is 63.9 Å². The summed E-state index contributed by atoms with van der Waals surface area (Å²) in [7, 11) is -0.844. The van der Waals surface area contributed by atoms with E-state index in [1.807, 2.05) is 29.6 Å². The summed E-state index contributed by atoms with van der Waals surface area (Å²) in [6, 6.07) is 13.3. The number of aromatic nitrogens is 1. The highest BCUT2D eigenvalue weighted by atomic mass is 79.9. The summed E-state index contributed by atoms with van der Waals surface area (Å²) in [6.45, 7) is -0.282. The molecule has 2 N–H and O–H groups in total. The second-order valence-corrected chi connectivity index (χ2v) is 10.5. The summed E-state index contributed by atoms with van der Waals surface area (Å²) < 4.78 is 26.4. The van der Waals surface area contributed by atoms with E-state index in [1.54, 1.807) is 0 Å². The van der Waals surface area contributed by atoms with Crippen molar-refractivity contribution in [1.82, 2.24) is 14.6 Å². The molecule has 0 unspecified atom stereocenters. The van der Waals surface area contributed by atoms with E-state index < -0.39 is 21.8 Å². The van der Waals surface area contributed by atoms with Crippen molar-refractivity contribution in [2.45, 2.75) is 4.90 Å². The van der Waals surface area contributed by atoms with Crippen LogP contribution in [0.1, 0.15) is 10.4 Å². The Balaban J connectivity index is 1.60. The van der Waals surface area contributed by atoms with E-state index in [1.165, 1.54) is 49.7 Å². The van der Waals surface area contributed by atoms with Gasteiger partial charge in [0.25, 0.3) is 5.91 Å². The van der Waals surface area contributed by atoms with Crippen LogP contribution in [0.4, 0.5) is 5.13 Å². The maximum Gasteiger partial charge on any atom is 0.251 e. The number of anilines is 1. The largest absolute Gasteiger partial charge is 0.343 e. The minimum atomic E-state index is -3.66. The van der Waals surface area contributed by atoms with E-state index in [0.717, 1.165) is 20.0 Å². The zero-order valence-electron chi connectivity index (χ0n) is 16.6. The number of hydrogen-bond acceptors (Lipinski definition) is 6. The third-order valence-electron chi connectivity index (χ3n) is 4.16. The van der Waals surface area contributed by atoms with Gasteiger partial charge in [-0.05, 0) is 30.3 Å². The number of benzene rings is 2. The minimum absolute atomic E-state index is 0.00235. The molecule has 31 heavy (non-hydrogen) atoms. The Bertz CT molecular complexity index is 1230. The van der Waals surface area contributed by atoms with Crippen LogP contribution in [0, 0.1) is 0 Å². The Morgan fingerprint density at radius 1 is 1.13 bits per heavy atom. The standard InChI is InChI=1S/C20H19BrN4O4S2/c1-25(2)31(28,29)16-8-4-6-14(10-16)19(27)22-11-18(26)24-20-23-17(12-30-20)13-5-3-7-15(21)9-13/h3-10,12H,11H2,1-2H3,(H,22,27)(H,23,24,26). The van der Waals surface area contributed by atoms with Gasteiger partial charge >= 0.3 is 0 Å². The molecule has 0 saturated heterocycles. The molecule has 11 heteroatoms. The number of nitrogens with zero attached hydrogens (tertiary/aromatic N) is 2. The Morgan fingerprint density at radius 2 is 1.87 bits per heavy atom. The fraction of sp³-hybridized carbons (Fsp3) is 0.150. The molecule has 1 aromatic heterocycles. The number of sulfonamides is 1. The lowest BCUT2D eigenvalue weighted by atomic mass is 10.2. The molecule has 0 radical (unpaired) electrons. The fourth-order valence-electron chi connectivity index (χ4n) is 2.55. The van der Waals surface area contributed by atoms with E-state index in [-0.39, 0.29) is 17.0 Å². The third kappa shape index (κ3) is 5.76. The molecular formula is C20H19BrN4O4S2. The molecule has 0 aliphatic carbocycles. The Kier molecular flexibility index (Phi) is 7.21. The van der Waals surface area contributed by atoms with Crippen molar-refractivity contribution in [1.29, 1.82) is 0 Å². The van der Waals surface area contributed by atoms with Gasteiger partial charge in [0.1, 0.15) is 0 Å². The molecule has 3 aromatic rings. The topological polar surface area (TPSA) is 108 Å². The predicted molar refractivity (Wildman–Crippen MR) is 124 cm³/mol. The number of carbonyl (C=O) groups is 2. The Hall–Kier alpha value is -2.60. The number of nitrogens with one attached hydrogen (secondary N) is 2. The second-order valence-electron chi connectivity index (χ2n) is 6.59. The van der Waals surface area contributed by atoms with Crippen LogP contribution in [-0.2, 0) is 14.8 Å². The molecule has 0 fully saturated rings. The number of amides is 2. The van der Waals surface area contributed by atoms with Crippen molar-refractivity contribution in [3.63, 3.8) is 0 Å². The van der Waals surface area contributed by atoms with E-state index in [9.17, 15) is 18.0 Å². The molecular weight excluding hydrogens is 504 g/mol. The maximum absolute atomic E-state index is 12.4. The average molecular weight is 523 g/mol. The number of carbonyl (C=O) groups excluding carboxylic acids is 2. The summed E-state index contributed by atoms with van der Waals surface area (Å²) in [6.07, 6.45) is 0. The van der Waals surface area contributed by atoms with Gasteiger partial charge in [-0.15, -0.1) is 11.3 Å². The van der Waals surface area contributed by atoms with Gasteiger partial charge in [-0.3, -0.25) is 9.59 Å². The van der Waals surface area contributed by atoms with E-state index >= 15 is 0 Å². The smallest absolute Gasteiger partial charge is 0.251 e. The van der Waals surface area contributed by atoms with Gasteiger partial charge in [0, 0.05) is 35.1 Å². The third-order valence-corrected chi connectivity index (χ3v) is 7.22. The van der Waals surface area contributed by atoms with E-state index in [4.69, 9.17) is 0 Å². The molecule has 3 rings (SSSR count).